The molecular weight excluding hydrogens is 282 g/mol. The first-order chi connectivity index (χ1) is 10.8. The van der Waals surface area contributed by atoms with E-state index in [2.05, 4.69) is 15.3 Å². The van der Waals surface area contributed by atoms with Gasteiger partial charge in [-0.05, 0) is 18.1 Å². The Morgan fingerprint density at radius 3 is 3.14 bits per heavy atom. The van der Waals surface area contributed by atoms with Crippen molar-refractivity contribution in [3.05, 3.63) is 51.4 Å². The van der Waals surface area contributed by atoms with E-state index in [4.69, 9.17) is 9.47 Å². The highest BCUT2D eigenvalue weighted by Gasteiger charge is 2.18. The molecule has 0 unspecified atom stereocenters. The summed E-state index contributed by atoms with van der Waals surface area (Å²) in [6.07, 6.45) is 1.39. The molecule has 6 nitrogen and oxygen atoms in total. The first kappa shape index (κ1) is 14.6. The fraction of sp³-hybridized carbons (Fsp3) is 0.375. The maximum atomic E-state index is 12.3. The summed E-state index contributed by atoms with van der Waals surface area (Å²) in [5.41, 5.74) is 2.26. The number of methoxy groups -OCH3 is 1. The summed E-state index contributed by atoms with van der Waals surface area (Å²) in [4.78, 5) is 19.6. The molecule has 0 saturated heterocycles. The molecule has 0 fully saturated rings. The van der Waals surface area contributed by atoms with E-state index in [0.29, 0.717) is 43.4 Å². The summed E-state index contributed by atoms with van der Waals surface area (Å²) in [6, 6.07) is 7.76. The Labute approximate surface area is 128 Å². The first-order valence-electron chi connectivity index (χ1n) is 7.33. The molecule has 3 rings (SSSR count). The number of aromatic nitrogens is 2. The van der Waals surface area contributed by atoms with Crippen LogP contribution in [-0.2, 0) is 17.8 Å². The van der Waals surface area contributed by atoms with Gasteiger partial charge in [0.2, 0.25) is 5.95 Å². The molecule has 0 amide bonds. The standard InChI is InChI=1S/C16H19N3O3/c1-21-8-4-7-17-16-18-13-10-22-14-6-3-2-5-11(14)9-12(13)15(20)19-16/h2-3,5-6H,4,7-10H2,1H3,(H2,17,18,19,20). The van der Waals surface area contributed by atoms with Crippen molar-refractivity contribution in [3.63, 3.8) is 0 Å². The Kier molecular flexibility index (Phi) is 4.39. The largest absolute Gasteiger partial charge is 0.487 e. The van der Waals surface area contributed by atoms with Crippen LogP contribution in [0.3, 0.4) is 0 Å². The third-order valence-electron chi connectivity index (χ3n) is 3.62. The number of nitrogens with zero attached hydrogens (tertiary/aromatic N) is 1. The third-order valence-corrected chi connectivity index (χ3v) is 3.62. The number of fused-ring (bicyclic) bond motifs is 2. The van der Waals surface area contributed by atoms with E-state index in [9.17, 15) is 4.79 Å². The van der Waals surface area contributed by atoms with Crippen LogP contribution in [0.4, 0.5) is 5.95 Å². The zero-order valence-corrected chi connectivity index (χ0v) is 12.5. The Morgan fingerprint density at radius 2 is 2.27 bits per heavy atom. The predicted molar refractivity (Wildman–Crippen MR) is 83.4 cm³/mol. The van der Waals surface area contributed by atoms with Gasteiger partial charge < -0.3 is 14.8 Å². The number of para-hydroxylation sites is 1. The first-order valence-corrected chi connectivity index (χ1v) is 7.33. The number of hydrogen-bond acceptors (Lipinski definition) is 5. The number of aromatic amines is 1. The van der Waals surface area contributed by atoms with Gasteiger partial charge in [-0.2, -0.15) is 0 Å². The van der Waals surface area contributed by atoms with Gasteiger partial charge in [-0.3, -0.25) is 9.78 Å². The second-order valence-corrected chi connectivity index (χ2v) is 5.19. The van der Waals surface area contributed by atoms with Crippen LogP contribution < -0.4 is 15.6 Å². The number of benzene rings is 1. The third kappa shape index (κ3) is 3.12. The van der Waals surface area contributed by atoms with Crippen molar-refractivity contribution in [2.45, 2.75) is 19.4 Å². The molecule has 1 aromatic carbocycles. The molecule has 22 heavy (non-hydrogen) atoms. The highest BCUT2D eigenvalue weighted by atomic mass is 16.5. The number of rotatable bonds is 5. The van der Waals surface area contributed by atoms with Gasteiger partial charge in [-0.15, -0.1) is 0 Å². The fourth-order valence-electron chi connectivity index (χ4n) is 2.48. The molecule has 0 spiro atoms. The van der Waals surface area contributed by atoms with Gasteiger partial charge in [0.15, 0.2) is 0 Å². The van der Waals surface area contributed by atoms with Crippen molar-refractivity contribution in [3.8, 4) is 5.75 Å². The van der Waals surface area contributed by atoms with Gasteiger partial charge in [0.05, 0.1) is 5.69 Å². The smallest absolute Gasteiger partial charge is 0.256 e. The van der Waals surface area contributed by atoms with E-state index >= 15 is 0 Å². The van der Waals surface area contributed by atoms with Gasteiger partial charge in [-0.1, -0.05) is 18.2 Å². The zero-order valence-electron chi connectivity index (χ0n) is 12.5. The van der Waals surface area contributed by atoms with Gasteiger partial charge in [0.25, 0.3) is 5.56 Å². The van der Waals surface area contributed by atoms with E-state index < -0.39 is 0 Å². The second-order valence-electron chi connectivity index (χ2n) is 5.19. The summed E-state index contributed by atoms with van der Waals surface area (Å²) in [6.45, 7) is 1.67. The van der Waals surface area contributed by atoms with Crippen LogP contribution in [0.15, 0.2) is 29.1 Å². The van der Waals surface area contributed by atoms with Crippen molar-refractivity contribution >= 4 is 5.95 Å². The van der Waals surface area contributed by atoms with Crippen LogP contribution in [0.2, 0.25) is 0 Å². The van der Waals surface area contributed by atoms with E-state index in [1.807, 2.05) is 24.3 Å². The van der Waals surface area contributed by atoms with Gasteiger partial charge >= 0.3 is 0 Å². The molecule has 0 atom stereocenters. The predicted octanol–water partition coefficient (Wildman–Crippen LogP) is 1.70. The van der Waals surface area contributed by atoms with Crippen molar-refractivity contribution in [2.24, 2.45) is 0 Å². The van der Waals surface area contributed by atoms with E-state index in [0.717, 1.165) is 17.7 Å². The highest BCUT2D eigenvalue weighted by molar-refractivity contribution is 5.41. The molecule has 2 N–H and O–H groups in total. The van der Waals surface area contributed by atoms with Gasteiger partial charge in [-0.25, -0.2) is 4.98 Å². The topological polar surface area (TPSA) is 76.2 Å². The minimum Gasteiger partial charge on any atom is -0.487 e. The van der Waals surface area contributed by atoms with E-state index in [1.165, 1.54) is 0 Å². The zero-order chi connectivity index (χ0) is 15.4. The minimum absolute atomic E-state index is 0.112. The van der Waals surface area contributed by atoms with Crippen LogP contribution in [0.25, 0.3) is 0 Å². The lowest BCUT2D eigenvalue weighted by molar-refractivity contribution is 0.197. The molecular formula is C16H19N3O3. The normalized spacial score (nSPS) is 12.8. The Hall–Kier alpha value is -2.34. The van der Waals surface area contributed by atoms with Crippen LogP contribution in [0.1, 0.15) is 23.2 Å². The molecule has 2 heterocycles. The lowest BCUT2D eigenvalue weighted by Crippen LogP contribution is -2.21. The quantitative estimate of drug-likeness (QED) is 0.822. The molecule has 2 aromatic rings. The number of anilines is 1. The summed E-state index contributed by atoms with van der Waals surface area (Å²) in [7, 11) is 1.66. The molecule has 0 aliphatic carbocycles. The fourth-order valence-corrected chi connectivity index (χ4v) is 2.48. The Bertz CT molecular complexity index is 712. The number of nitrogens with one attached hydrogen (secondary N) is 2. The molecule has 116 valence electrons. The summed E-state index contributed by atoms with van der Waals surface area (Å²) in [5, 5.41) is 3.11. The summed E-state index contributed by atoms with van der Waals surface area (Å²) in [5.74, 6) is 1.30. The summed E-state index contributed by atoms with van der Waals surface area (Å²) >= 11 is 0. The number of hydrogen-bond donors (Lipinski definition) is 2. The van der Waals surface area contributed by atoms with Gasteiger partial charge in [0, 0.05) is 32.2 Å². The van der Waals surface area contributed by atoms with Crippen molar-refractivity contribution in [1.82, 2.24) is 9.97 Å². The van der Waals surface area contributed by atoms with Crippen molar-refractivity contribution in [1.29, 1.82) is 0 Å². The maximum absolute atomic E-state index is 12.3. The average Bonchev–Trinajstić information content (AvgIpc) is 2.72. The lowest BCUT2D eigenvalue weighted by Gasteiger charge is -2.09. The SMILES string of the molecule is COCCCNc1nc2c(c(=O)[nH]1)Cc1ccccc1OC2. The van der Waals surface area contributed by atoms with Crippen LogP contribution in [-0.4, -0.2) is 30.2 Å². The molecule has 6 heteroatoms. The monoisotopic (exact) mass is 301 g/mol. The number of H-pyrrole nitrogens is 1. The summed E-state index contributed by atoms with van der Waals surface area (Å²) < 4.78 is 10.8. The van der Waals surface area contributed by atoms with Gasteiger partial charge in [0.1, 0.15) is 12.4 Å². The molecule has 1 aromatic heterocycles. The van der Waals surface area contributed by atoms with Crippen molar-refractivity contribution in [2.75, 3.05) is 25.6 Å². The molecule has 1 aliphatic rings. The molecule has 0 saturated carbocycles. The van der Waals surface area contributed by atoms with Crippen molar-refractivity contribution < 1.29 is 9.47 Å². The van der Waals surface area contributed by atoms with E-state index in [1.54, 1.807) is 7.11 Å². The Balaban J connectivity index is 1.82. The minimum atomic E-state index is -0.112. The molecule has 1 aliphatic heterocycles. The maximum Gasteiger partial charge on any atom is 0.256 e. The molecule has 0 radical (unpaired) electrons. The van der Waals surface area contributed by atoms with Crippen LogP contribution in [0.5, 0.6) is 5.75 Å². The second kappa shape index (κ2) is 6.62. The molecule has 0 bridgehead atoms. The van der Waals surface area contributed by atoms with Crippen LogP contribution >= 0.6 is 0 Å². The lowest BCUT2D eigenvalue weighted by atomic mass is 10.1. The number of ether oxygens (including phenoxy) is 2. The average molecular weight is 301 g/mol. The van der Waals surface area contributed by atoms with E-state index in [-0.39, 0.29) is 5.56 Å². The Morgan fingerprint density at radius 1 is 1.41 bits per heavy atom. The van der Waals surface area contributed by atoms with Crippen LogP contribution in [0, 0.1) is 0 Å². The highest BCUT2D eigenvalue weighted by Crippen LogP contribution is 2.25.